The molecule has 0 saturated heterocycles. The fraction of sp³-hybridized carbons (Fsp3) is 0.533. The number of carbonyl (C=O) groups is 1. The van der Waals surface area contributed by atoms with Gasteiger partial charge < -0.3 is 5.73 Å². The standard InChI is InChI=1S/C15H21NO/c1-2-13(12-8-4-3-5-9-12)15(14(16)17)10-6-7-11-15/h3-5,8-9,13H,2,6-7,10-11H2,1H3,(H2,16,17). The van der Waals surface area contributed by atoms with Gasteiger partial charge >= 0.3 is 0 Å². The van der Waals surface area contributed by atoms with Crippen molar-refractivity contribution in [2.45, 2.75) is 44.9 Å². The van der Waals surface area contributed by atoms with Crippen molar-refractivity contribution in [3.05, 3.63) is 35.9 Å². The summed E-state index contributed by atoms with van der Waals surface area (Å²) < 4.78 is 0. The van der Waals surface area contributed by atoms with Gasteiger partial charge in [0.05, 0.1) is 5.41 Å². The SMILES string of the molecule is CCC(c1ccccc1)C1(C(N)=O)CCCC1. The summed E-state index contributed by atoms with van der Waals surface area (Å²) in [5.41, 5.74) is 6.67. The van der Waals surface area contributed by atoms with E-state index >= 15 is 0 Å². The Balaban J connectivity index is 2.37. The van der Waals surface area contributed by atoms with Gasteiger partial charge in [-0.3, -0.25) is 4.79 Å². The molecule has 0 heterocycles. The molecule has 0 spiro atoms. The number of nitrogens with two attached hydrogens (primary N) is 1. The maximum atomic E-state index is 11.9. The number of benzene rings is 1. The Bertz CT molecular complexity index is 379. The summed E-state index contributed by atoms with van der Waals surface area (Å²) in [6.07, 6.45) is 5.15. The molecule has 1 aromatic rings. The highest BCUT2D eigenvalue weighted by atomic mass is 16.1. The Hall–Kier alpha value is -1.31. The largest absolute Gasteiger partial charge is 0.369 e. The van der Waals surface area contributed by atoms with E-state index in [-0.39, 0.29) is 17.2 Å². The van der Waals surface area contributed by atoms with Gasteiger partial charge in [-0.15, -0.1) is 0 Å². The first kappa shape index (κ1) is 12.2. The van der Waals surface area contributed by atoms with Crippen LogP contribution in [-0.2, 0) is 4.79 Å². The van der Waals surface area contributed by atoms with Crippen molar-refractivity contribution in [3.63, 3.8) is 0 Å². The minimum atomic E-state index is -0.296. The van der Waals surface area contributed by atoms with Crippen molar-refractivity contribution >= 4 is 5.91 Å². The van der Waals surface area contributed by atoms with E-state index in [1.54, 1.807) is 0 Å². The van der Waals surface area contributed by atoms with Gasteiger partial charge in [-0.2, -0.15) is 0 Å². The van der Waals surface area contributed by atoms with Crippen LogP contribution in [0.25, 0.3) is 0 Å². The molecule has 17 heavy (non-hydrogen) atoms. The average Bonchev–Trinajstić information content (AvgIpc) is 2.82. The molecule has 2 nitrogen and oxygen atoms in total. The molecule has 1 fully saturated rings. The molecule has 2 rings (SSSR count). The zero-order valence-electron chi connectivity index (χ0n) is 10.5. The van der Waals surface area contributed by atoms with Crippen molar-refractivity contribution < 1.29 is 4.79 Å². The number of hydrogen-bond acceptors (Lipinski definition) is 1. The number of amides is 1. The van der Waals surface area contributed by atoms with Crippen LogP contribution < -0.4 is 5.73 Å². The lowest BCUT2D eigenvalue weighted by atomic mass is 9.69. The van der Waals surface area contributed by atoms with Crippen LogP contribution in [0.1, 0.15) is 50.5 Å². The molecule has 1 amide bonds. The van der Waals surface area contributed by atoms with Crippen molar-refractivity contribution in [1.82, 2.24) is 0 Å². The van der Waals surface area contributed by atoms with Gasteiger partial charge in [0.1, 0.15) is 0 Å². The summed E-state index contributed by atoms with van der Waals surface area (Å²) in [7, 11) is 0. The molecule has 0 bridgehead atoms. The number of carbonyl (C=O) groups excluding carboxylic acids is 1. The fourth-order valence-corrected chi connectivity index (χ4v) is 3.40. The molecule has 1 aromatic carbocycles. The second kappa shape index (κ2) is 4.91. The molecule has 2 N–H and O–H groups in total. The van der Waals surface area contributed by atoms with Gasteiger partial charge in [-0.05, 0) is 30.7 Å². The van der Waals surface area contributed by atoms with E-state index in [1.807, 2.05) is 18.2 Å². The highest BCUT2D eigenvalue weighted by molar-refractivity contribution is 5.82. The van der Waals surface area contributed by atoms with E-state index in [2.05, 4.69) is 19.1 Å². The molecule has 1 aliphatic rings. The third-order valence-corrected chi connectivity index (χ3v) is 4.26. The van der Waals surface area contributed by atoms with Crippen LogP contribution in [0.2, 0.25) is 0 Å². The van der Waals surface area contributed by atoms with Gasteiger partial charge in [0.2, 0.25) is 5.91 Å². The lowest BCUT2D eigenvalue weighted by Gasteiger charge is -2.34. The summed E-state index contributed by atoms with van der Waals surface area (Å²) in [5.74, 6) is 0.175. The quantitative estimate of drug-likeness (QED) is 0.849. The molecule has 1 atom stereocenters. The zero-order chi connectivity index (χ0) is 12.3. The van der Waals surface area contributed by atoms with E-state index in [1.165, 1.54) is 5.56 Å². The van der Waals surface area contributed by atoms with Crippen LogP contribution in [0.15, 0.2) is 30.3 Å². The lowest BCUT2D eigenvalue weighted by Crippen LogP contribution is -2.39. The van der Waals surface area contributed by atoms with E-state index in [9.17, 15) is 4.79 Å². The minimum Gasteiger partial charge on any atom is -0.369 e. The van der Waals surface area contributed by atoms with Crippen molar-refractivity contribution in [1.29, 1.82) is 0 Å². The van der Waals surface area contributed by atoms with E-state index < -0.39 is 0 Å². The topological polar surface area (TPSA) is 43.1 Å². The average molecular weight is 231 g/mol. The van der Waals surface area contributed by atoms with Crippen LogP contribution in [0, 0.1) is 5.41 Å². The monoisotopic (exact) mass is 231 g/mol. The van der Waals surface area contributed by atoms with Crippen LogP contribution >= 0.6 is 0 Å². The van der Waals surface area contributed by atoms with E-state index in [4.69, 9.17) is 5.73 Å². The van der Waals surface area contributed by atoms with Gasteiger partial charge in [0.25, 0.3) is 0 Å². The van der Waals surface area contributed by atoms with Gasteiger partial charge in [-0.1, -0.05) is 50.1 Å². The second-order valence-electron chi connectivity index (χ2n) is 5.10. The molecule has 0 aliphatic heterocycles. The predicted octanol–water partition coefficient (Wildman–Crippen LogP) is 3.23. The Kier molecular flexibility index (Phi) is 3.51. The number of hydrogen-bond donors (Lipinski definition) is 1. The minimum absolute atomic E-state index is 0.106. The molecule has 1 saturated carbocycles. The van der Waals surface area contributed by atoms with E-state index in [0.29, 0.717) is 0 Å². The maximum absolute atomic E-state index is 11.9. The fourth-order valence-electron chi connectivity index (χ4n) is 3.40. The van der Waals surface area contributed by atoms with Crippen molar-refractivity contribution in [3.8, 4) is 0 Å². The first-order chi connectivity index (χ1) is 8.20. The summed E-state index contributed by atoms with van der Waals surface area (Å²) in [5, 5.41) is 0. The van der Waals surface area contributed by atoms with Gasteiger partial charge in [0, 0.05) is 0 Å². The maximum Gasteiger partial charge on any atom is 0.224 e. The Morgan fingerprint density at radius 1 is 1.29 bits per heavy atom. The molecular formula is C15H21NO. The highest BCUT2D eigenvalue weighted by Gasteiger charge is 2.45. The summed E-state index contributed by atoms with van der Waals surface area (Å²) >= 11 is 0. The third kappa shape index (κ3) is 2.08. The van der Waals surface area contributed by atoms with Crippen molar-refractivity contribution in [2.24, 2.45) is 11.1 Å². The molecule has 92 valence electrons. The number of primary amides is 1. The summed E-state index contributed by atoms with van der Waals surface area (Å²) in [6.45, 7) is 2.15. The lowest BCUT2D eigenvalue weighted by molar-refractivity contribution is -0.128. The summed E-state index contributed by atoms with van der Waals surface area (Å²) in [4.78, 5) is 11.9. The van der Waals surface area contributed by atoms with Crippen LogP contribution in [0.3, 0.4) is 0 Å². The first-order valence-electron chi connectivity index (χ1n) is 6.55. The molecule has 0 radical (unpaired) electrons. The molecular weight excluding hydrogens is 210 g/mol. The normalized spacial score (nSPS) is 20.1. The Morgan fingerprint density at radius 3 is 2.35 bits per heavy atom. The molecule has 0 aromatic heterocycles. The summed E-state index contributed by atoms with van der Waals surface area (Å²) in [6, 6.07) is 10.3. The highest BCUT2D eigenvalue weighted by Crippen LogP contribution is 2.50. The van der Waals surface area contributed by atoms with Crippen LogP contribution in [0.5, 0.6) is 0 Å². The first-order valence-corrected chi connectivity index (χ1v) is 6.55. The van der Waals surface area contributed by atoms with E-state index in [0.717, 1.165) is 32.1 Å². The zero-order valence-corrected chi connectivity index (χ0v) is 10.5. The second-order valence-corrected chi connectivity index (χ2v) is 5.10. The van der Waals surface area contributed by atoms with Gasteiger partial charge in [-0.25, -0.2) is 0 Å². The van der Waals surface area contributed by atoms with Crippen LogP contribution in [0.4, 0.5) is 0 Å². The molecule has 1 aliphatic carbocycles. The van der Waals surface area contributed by atoms with Gasteiger partial charge in [0.15, 0.2) is 0 Å². The Labute approximate surface area is 103 Å². The molecule has 1 unspecified atom stereocenters. The van der Waals surface area contributed by atoms with Crippen LogP contribution in [-0.4, -0.2) is 5.91 Å². The van der Waals surface area contributed by atoms with Crippen molar-refractivity contribution in [2.75, 3.05) is 0 Å². The number of rotatable bonds is 4. The predicted molar refractivity (Wildman–Crippen MR) is 69.6 cm³/mol. The molecule has 2 heteroatoms. The smallest absolute Gasteiger partial charge is 0.224 e. The Morgan fingerprint density at radius 2 is 1.88 bits per heavy atom. The third-order valence-electron chi connectivity index (χ3n) is 4.26.